The molecule has 0 bridgehead atoms. The Labute approximate surface area is 393 Å². The maximum Gasteiger partial charge on any atom is 0.308 e. The molecule has 1 unspecified atom stereocenters. The fourth-order valence-corrected chi connectivity index (χ4v) is 6.35. The van der Waals surface area contributed by atoms with Crippen molar-refractivity contribution in [3.8, 4) is 0 Å². The van der Waals surface area contributed by atoms with Gasteiger partial charge in [-0.25, -0.2) is 0 Å². The quantitative estimate of drug-likeness (QED) is 0.0544. The van der Waals surface area contributed by atoms with E-state index in [4.69, 9.17) is 56.8 Å². The number of hydrogen-bond acceptors (Lipinski definition) is 18. The zero-order valence-corrected chi connectivity index (χ0v) is 39.6. The minimum atomic E-state index is -1.08. The van der Waals surface area contributed by atoms with Crippen LogP contribution in [0.25, 0.3) is 0 Å². The van der Waals surface area contributed by atoms with Crippen molar-refractivity contribution in [2.45, 2.75) is 77.4 Å². The van der Waals surface area contributed by atoms with Crippen LogP contribution in [0.5, 0.6) is 0 Å². The van der Waals surface area contributed by atoms with E-state index in [1.807, 2.05) is 20.8 Å². The fraction of sp³-hybridized carbons (Fsp3) is 0.739. The van der Waals surface area contributed by atoms with E-state index in [0.29, 0.717) is 152 Å². The molecule has 2 heterocycles. The maximum atomic E-state index is 13.2. The molecule has 0 radical (unpaired) electrons. The van der Waals surface area contributed by atoms with E-state index < -0.39 is 35.3 Å². The summed E-state index contributed by atoms with van der Waals surface area (Å²) in [5, 5.41) is 4.90. The number of piperidine rings is 1. The van der Waals surface area contributed by atoms with Gasteiger partial charge in [-0.1, -0.05) is 12.5 Å². The molecule has 1 aromatic rings. The topological polar surface area (TPSA) is 240 Å². The number of nitrogens with one attached hydrogen (secondary N) is 2. The Kier molecular flexibility index (Phi) is 30.1. The van der Waals surface area contributed by atoms with Crippen LogP contribution in [0.1, 0.15) is 86.4 Å². The molecular weight excluding hydrogens is 883 g/mol. The number of nitrogens with zero attached hydrogens (tertiary/aromatic N) is 1. The van der Waals surface area contributed by atoms with Gasteiger partial charge in [0.25, 0.3) is 11.8 Å². The number of rotatable bonds is 41. The van der Waals surface area contributed by atoms with Gasteiger partial charge in [0.15, 0.2) is 0 Å². The van der Waals surface area contributed by atoms with Gasteiger partial charge in [0.2, 0.25) is 17.7 Å². The minimum Gasteiger partial charge on any atom is -0.460 e. The Morgan fingerprint density at radius 2 is 1.00 bits per heavy atom. The van der Waals surface area contributed by atoms with Gasteiger partial charge >= 0.3 is 5.97 Å². The first kappa shape index (κ1) is 57.3. The lowest BCUT2D eigenvalue weighted by Crippen LogP contribution is -2.54. The maximum absolute atomic E-state index is 13.2. The Morgan fingerprint density at radius 3 is 1.43 bits per heavy atom. The number of fused-ring (bicyclic) bond motifs is 1. The molecule has 5 amide bonds. The Balaban J connectivity index is 0.969. The van der Waals surface area contributed by atoms with Crippen molar-refractivity contribution >= 4 is 41.2 Å². The van der Waals surface area contributed by atoms with Crippen molar-refractivity contribution in [1.29, 1.82) is 0 Å². The smallest absolute Gasteiger partial charge is 0.308 e. The number of hydrogen-bond donors (Lipinski definition) is 2. The molecule has 380 valence electrons. The standard InChI is InChI=1S/C46H73N3O18/c1-46(2,3)67-41(52)13-15-57-17-19-59-21-23-61-25-27-63-29-31-65-33-35-66-34-32-64-30-28-62-26-24-60-22-20-58-18-16-56-14-6-4-5-10-39(50)47-37-9-7-8-36-42(37)45(55)49(44(36)54)38-11-12-40(51)48-43(38)53/h7-9,38H,4-6,10-35H2,1-3H3,(H,47,50)(H,48,51,53). The number of anilines is 1. The van der Waals surface area contributed by atoms with Gasteiger partial charge in [0, 0.05) is 19.4 Å². The van der Waals surface area contributed by atoms with Crippen molar-refractivity contribution in [3.63, 3.8) is 0 Å². The summed E-state index contributed by atoms with van der Waals surface area (Å²) in [4.78, 5) is 75.2. The second-order valence-corrected chi connectivity index (χ2v) is 16.1. The third-order valence-corrected chi connectivity index (χ3v) is 9.53. The summed E-state index contributed by atoms with van der Waals surface area (Å²) < 4.78 is 65.6. The second-order valence-electron chi connectivity index (χ2n) is 16.1. The Bertz CT molecular complexity index is 1610. The molecule has 0 aliphatic carbocycles. The summed E-state index contributed by atoms with van der Waals surface area (Å²) in [7, 11) is 0. The lowest BCUT2D eigenvalue weighted by atomic mass is 10.0. The highest BCUT2D eigenvalue weighted by Gasteiger charge is 2.45. The van der Waals surface area contributed by atoms with Gasteiger partial charge in [0.05, 0.1) is 162 Å². The van der Waals surface area contributed by atoms with Gasteiger partial charge in [-0.05, 0) is 52.2 Å². The van der Waals surface area contributed by atoms with Crippen LogP contribution in [0.15, 0.2) is 18.2 Å². The summed E-state index contributed by atoms with van der Waals surface area (Å²) in [6, 6.07) is 3.52. The fourth-order valence-electron chi connectivity index (χ4n) is 6.35. The molecule has 0 aromatic heterocycles. The SMILES string of the molecule is CC(C)(C)OC(=O)CCOCCOCCOCCOCCOCCOCCOCCOCCOCCOCCOCCCCCC(=O)Nc1cccc2c1C(=O)N(C1CCC(=O)NC1=O)C2=O. The predicted octanol–water partition coefficient (Wildman–Crippen LogP) is 2.50. The third kappa shape index (κ3) is 25.8. The van der Waals surface area contributed by atoms with Crippen molar-refractivity contribution in [2.24, 2.45) is 0 Å². The normalized spacial score (nSPS) is 15.0. The number of esters is 1. The summed E-state index contributed by atoms with van der Waals surface area (Å²) >= 11 is 0. The number of amides is 5. The van der Waals surface area contributed by atoms with Crippen molar-refractivity contribution < 1.29 is 85.6 Å². The highest BCUT2D eigenvalue weighted by molar-refractivity contribution is 6.26. The molecule has 1 fully saturated rings. The molecule has 2 aliphatic heterocycles. The van der Waals surface area contributed by atoms with E-state index in [1.54, 1.807) is 12.1 Å². The van der Waals surface area contributed by atoms with Crippen molar-refractivity contribution in [3.05, 3.63) is 29.3 Å². The monoisotopic (exact) mass is 955 g/mol. The molecule has 67 heavy (non-hydrogen) atoms. The summed E-state index contributed by atoms with van der Waals surface area (Å²) in [5.41, 5.74) is -0.118. The predicted molar refractivity (Wildman–Crippen MR) is 240 cm³/mol. The zero-order chi connectivity index (χ0) is 48.4. The van der Waals surface area contributed by atoms with Crippen LogP contribution >= 0.6 is 0 Å². The molecule has 1 aromatic carbocycles. The van der Waals surface area contributed by atoms with Crippen LogP contribution in [0.2, 0.25) is 0 Å². The first-order chi connectivity index (χ1) is 32.5. The van der Waals surface area contributed by atoms with Crippen molar-refractivity contribution in [1.82, 2.24) is 10.2 Å². The molecular formula is C46H73N3O18. The van der Waals surface area contributed by atoms with Gasteiger partial charge in [-0.3, -0.25) is 39.0 Å². The van der Waals surface area contributed by atoms with Gasteiger partial charge in [-0.2, -0.15) is 0 Å². The number of ether oxygens (including phenoxy) is 12. The Hall–Kier alpha value is -4.00. The van der Waals surface area contributed by atoms with Crippen LogP contribution in [-0.2, 0) is 76.0 Å². The average Bonchev–Trinajstić information content (AvgIpc) is 3.54. The number of benzene rings is 1. The highest BCUT2D eigenvalue weighted by atomic mass is 16.6. The lowest BCUT2D eigenvalue weighted by molar-refractivity contribution is -0.156. The number of imide groups is 2. The zero-order valence-electron chi connectivity index (χ0n) is 39.6. The van der Waals surface area contributed by atoms with E-state index in [1.165, 1.54) is 6.07 Å². The first-order valence-electron chi connectivity index (χ1n) is 23.2. The van der Waals surface area contributed by atoms with E-state index >= 15 is 0 Å². The van der Waals surface area contributed by atoms with Crippen LogP contribution in [0.3, 0.4) is 0 Å². The molecule has 2 N–H and O–H groups in total. The van der Waals surface area contributed by atoms with Crippen LogP contribution in [-0.4, -0.2) is 197 Å². The molecule has 21 nitrogen and oxygen atoms in total. The van der Waals surface area contributed by atoms with Crippen molar-refractivity contribution in [2.75, 3.05) is 151 Å². The highest BCUT2D eigenvalue weighted by Crippen LogP contribution is 2.32. The number of carbonyl (C=O) groups is 6. The molecule has 1 atom stereocenters. The molecule has 2 aliphatic rings. The lowest BCUT2D eigenvalue weighted by Gasteiger charge is -2.27. The number of unbranched alkanes of at least 4 members (excludes halogenated alkanes) is 2. The van der Waals surface area contributed by atoms with Crippen LogP contribution in [0, 0.1) is 0 Å². The number of carbonyl (C=O) groups excluding carboxylic acids is 6. The summed E-state index contributed by atoms with van der Waals surface area (Å²) in [6.07, 6.45) is 2.64. The average molecular weight is 956 g/mol. The molecule has 0 saturated carbocycles. The van der Waals surface area contributed by atoms with E-state index in [-0.39, 0.29) is 54.4 Å². The summed E-state index contributed by atoms with van der Waals surface area (Å²) in [5.74, 6) is -3.01. The van der Waals surface area contributed by atoms with Gasteiger partial charge < -0.3 is 62.2 Å². The Morgan fingerprint density at radius 1 is 0.567 bits per heavy atom. The minimum absolute atomic E-state index is 0.0244. The third-order valence-electron chi connectivity index (χ3n) is 9.53. The van der Waals surface area contributed by atoms with Crippen LogP contribution in [0.4, 0.5) is 5.69 Å². The van der Waals surface area contributed by atoms with E-state index in [0.717, 1.165) is 17.7 Å². The van der Waals surface area contributed by atoms with Gasteiger partial charge in [-0.15, -0.1) is 0 Å². The molecule has 21 heteroatoms. The van der Waals surface area contributed by atoms with E-state index in [9.17, 15) is 28.8 Å². The first-order valence-corrected chi connectivity index (χ1v) is 23.2. The van der Waals surface area contributed by atoms with Crippen LogP contribution < -0.4 is 10.6 Å². The summed E-state index contributed by atoms with van der Waals surface area (Å²) in [6.45, 7) is 15.3. The largest absolute Gasteiger partial charge is 0.460 e. The molecule has 3 rings (SSSR count). The van der Waals surface area contributed by atoms with E-state index in [2.05, 4.69) is 10.6 Å². The molecule has 0 spiro atoms. The second kappa shape index (κ2) is 35.2. The van der Waals surface area contributed by atoms with Gasteiger partial charge in [0.1, 0.15) is 11.6 Å². The molecule has 1 saturated heterocycles.